The van der Waals surface area contributed by atoms with E-state index in [4.69, 9.17) is 5.26 Å². The second kappa shape index (κ2) is 8.64. The summed E-state index contributed by atoms with van der Waals surface area (Å²) in [6, 6.07) is 11.0. The molecule has 1 fully saturated rings. The van der Waals surface area contributed by atoms with Gasteiger partial charge in [-0.05, 0) is 61.1 Å². The van der Waals surface area contributed by atoms with E-state index in [0.29, 0.717) is 24.6 Å². The van der Waals surface area contributed by atoms with Crippen molar-refractivity contribution in [3.63, 3.8) is 0 Å². The molecule has 0 aliphatic heterocycles. The van der Waals surface area contributed by atoms with Crippen molar-refractivity contribution in [2.75, 3.05) is 18.0 Å². The number of carbonyl (C=O) groups is 1. The third-order valence-corrected chi connectivity index (χ3v) is 4.94. The maximum atomic E-state index is 13.3. The number of benzene rings is 2. The van der Waals surface area contributed by atoms with Crippen LogP contribution in [0.4, 0.5) is 23.2 Å². The molecule has 7 heteroatoms. The largest absolute Gasteiger partial charge is 0.417 e. The fourth-order valence-electron chi connectivity index (χ4n) is 3.16. The topological polar surface area (TPSA) is 44.1 Å². The molecule has 2 aromatic carbocycles. The summed E-state index contributed by atoms with van der Waals surface area (Å²) >= 11 is 0. The minimum Gasteiger partial charge on any atom is -0.364 e. The summed E-state index contributed by atoms with van der Waals surface area (Å²) in [5, 5.41) is 8.97. The van der Waals surface area contributed by atoms with Gasteiger partial charge in [0.05, 0.1) is 23.7 Å². The van der Waals surface area contributed by atoms with E-state index >= 15 is 0 Å². The van der Waals surface area contributed by atoms with Crippen LogP contribution in [0.3, 0.4) is 0 Å². The molecule has 2 aromatic rings. The molecule has 0 bridgehead atoms. The molecule has 0 N–H and O–H groups in total. The summed E-state index contributed by atoms with van der Waals surface area (Å²) in [6.07, 6.45) is -2.00. The summed E-state index contributed by atoms with van der Waals surface area (Å²) in [5.41, 5.74) is -0.308. The third kappa shape index (κ3) is 5.80. The van der Waals surface area contributed by atoms with Crippen LogP contribution < -0.4 is 4.90 Å². The lowest BCUT2D eigenvalue weighted by atomic mass is 10.0. The maximum Gasteiger partial charge on any atom is 0.417 e. The van der Waals surface area contributed by atoms with Gasteiger partial charge in [0.25, 0.3) is 0 Å². The van der Waals surface area contributed by atoms with E-state index in [9.17, 15) is 22.4 Å². The number of alkyl halides is 3. The molecule has 29 heavy (non-hydrogen) atoms. The molecule has 0 radical (unpaired) electrons. The molecule has 0 spiro atoms. The number of anilines is 1. The zero-order chi connectivity index (χ0) is 21.0. The van der Waals surface area contributed by atoms with E-state index in [1.807, 2.05) is 0 Å². The SMILES string of the molecule is N#Cc1ccc(N(CC(=O)CCc2ccc(F)cc2)CC2CC2)cc1C(F)(F)F. The molecule has 3 rings (SSSR count). The van der Waals surface area contributed by atoms with Crippen molar-refractivity contribution in [3.8, 4) is 6.07 Å². The highest BCUT2D eigenvalue weighted by Gasteiger charge is 2.35. The quantitative estimate of drug-likeness (QED) is 0.573. The first-order chi connectivity index (χ1) is 13.8. The third-order valence-electron chi connectivity index (χ3n) is 4.94. The van der Waals surface area contributed by atoms with Gasteiger partial charge in [-0.25, -0.2) is 4.39 Å². The molecule has 0 heterocycles. The Hall–Kier alpha value is -2.88. The Bertz CT molecular complexity index is 912. The number of ketones is 1. The summed E-state index contributed by atoms with van der Waals surface area (Å²) in [6.45, 7) is 0.506. The van der Waals surface area contributed by atoms with Gasteiger partial charge in [0.1, 0.15) is 5.82 Å². The van der Waals surface area contributed by atoms with E-state index in [1.54, 1.807) is 23.1 Å². The van der Waals surface area contributed by atoms with Crippen LogP contribution in [0.5, 0.6) is 0 Å². The molecule has 1 aliphatic carbocycles. The maximum absolute atomic E-state index is 13.3. The highest BCUT2D eigenvalue weighted by molar-refractivity contribution is 5.83. The average Bonchev–Trinajstić information content (AvgIpc) is 3.50. The van der Waals surface area contributed by atoms with E-state index in [-0.39, 0.29) is 24.6 Å². The Labute approximate surface area is 166 Å². The van der Waals surface area contributed by atoms with Crippen LogP contribution in [0.25, 0.3) is 0 Å². The number of Topliss-reactive ketones (excluding diaryl/α,β-unsaturated/α-hetero) is 1. The first-order valence-electron chi connectivity index (χ1n) is 9.38. The fourth-order valence-corrected chi connectivity index (χ4v) is 3.16. The fraction of sp³-hybridized carbons (Fsp3) is 0.364. The normalized spacial score (nSPS) is 13.8. The first kappa shape index (κ1) is 20.8. The molecule has 152 valence electrons. The Morgan fingerprint density at radius 2 is 1.83 bits per heavy atom. The van der Waals surface area contributed by atoms with Crippen molar-refractivity contribution >= 4 is 11.5 Å². The Kier molecular flexibility index (Phi) is 6.21. The van der Waals surface area contributed by atoms with Crippen LogP contribution in [0, 0.1) is 23.1 Å². The van der Waals surface area contributed by atoms with E-state index in [2.05, 4.69) is 0 Å². The number of nitriles is 1. The molecular formula is C22H20F4N2O. The van der Waals surface area contributed by atoms with Gasteiger partial charge in [-0.15, -0.1) is 0 Å². The molecular weight excluding hydrogens is 384 g/mol. The lowest BCUT2D eigenvalue weighted by Gasteiger charge is -2.25. The lowest BCUT2D eigenvalue weighted by Crippen LogP contribution is -2.32. The molecule has 1 saturated carbocycles. The number of hydrogen-bond acceptors (Lipinski definition) is 3. The predicted octanol–water partition coefficient (Wildman–Crippen LogP) is 5.13. The lowest BCUT2D eigenvalue weighted by molar-refractivity contribution is -0.137. The second-order valence-electron chi connectivity index (χ2n) is 7.33. The summed E-state index contributed by atoms with van der Waals surface area (Å²) < 4.78 is 52.8. The van der Waals surface area contributed by atoms with Crippen LogP contribution >= 0.6 is 0 Å². The highest BCUT2D eigenvalue weighted by Crippen LogP contribution is 2.36. The smallest absolute Gasteiger partial charge is 0.364 e. The summed E-state index contributed by atoms with van der Waals surface area (Å²) in [5.74, 6) is -0.0882. The summed E-state index contributed by atoms with van der Waals surface area (Å²) in [4.78, 5) is 14.2. The monoisotopic (exact) mass is 404 g/mol. The Balaban J connectivity index is 1.73. The van der Waals surface area contributed by atoms with E-state index < -0.39 is 17.3 Å². The number of hydrogen-bond donors (Lipinski definition) is 0. The molecule has 0 unspecified atom stereocenters. The van der Waals surface area contributed by atoms with Gasteiger partial charge >= 0.3 is 6.18 Å². The molecule has 1 aliphatic rings. The van der Waals surface area contributed by atoms with E-state index in [0.717, 1.165) is 30.5 Å². The van der Waals surface area contributed by atoms with Crippen LogP contribution in [-0.2, 0) is 17.4 Å². The van der Waals surface area contributed by atoms with Crippen LogP contribution in [0.2, 0.25) is 0 Å². The van der Waals surface area contributed by atoms with Crippen molar-refractivity contribution in [2.24, 2.45) is 5.92 Å². The number of rotatable bonds is 8. The van der Waals surface area contributed by atoms with Gasteiger partial charge in [-0.3, -0.25) is 4.79 Å². The zero-order valence-electron chi connectivity index (χ0n) is 15.7. The molecule has 0 aromatic heterocycles. The van der Waals surface area contributed by atoms with Gasteiger partial charge in [-0.1, -0.05) is 12.1 Å². The van der Waals surface area contributed by atoms with Crippen LogP contribution in [0.15, 0.2) is 42.5 Å². The van der Waals surface area contributed by atoms with Crippen molar-refractivity contribution < 1.29 is 22.4 Å². The number of nitrogens with zero attached hydrogens (tertiary/aromatic N) is 2. The van der Waals surface area contributed by atoms with Gasteiger partial charge < -0.3 is 4.90 Å². The average molecular weight is 404 g/mol. The van der Waals surface area contributed by atoms with Crippen molar-refractivity contribution in [3.05, 3.63) is 65.0 Å². The number of halogens is 4. The van der Waals surface area contributed by atoms with Crippen LogP contribution in [0.1, 0.15) is 36.0 Å². The summed E-state index contributed by atoms with van der Waals surface area (Å²) in [7, 11) is 0. The first-order valence-corrected chi connectivity index (χ1v) is 9.38. The van der Waals surface area contributed by atoms with Gasteiger partial charge in [0, 0.05) is 18.7 Å². The van der Waals surface area contributed by atoms with Crippen molar-refractivity contribution in [2.45, 2.75) is 31.9 Å². The minimum absolute atomic E-state index is 0.000885. The van der Waals surface area contributed by atoms with Crippen LogP contribution in [-0.4, -0.2) is 18.9 Å². The molecule has 0 amide bonds. The Morgan fingerprint density at radius 1 is 1.14 bits per heavy atom. The van der Waals surface area contributed by atoms with Gasteiger partial charge in [0.2, 0.25) is 0 Å². The molecule has 3 nitrogen and oxygen atoms in total. The highest BCUT2D eigenvalue weighted by atomic mass is 19.4. The standard InChI is InChI=1S/C22H20F4N2O/c23-18-7-3-15(4-8-18)5-10-20(29)14-28(13-16-1-2-16)19-9-6-17(12-27)21(11-19)22(24,25)26/h3-4,6-9,11,16H,1-2,5,10,13-14H2. The van der Waals surface area contributed by atoms with Crippen molar-refractivity contribution in [1.29, 1.82) is 5.26 Å². The molecule has 0 atom stereocenters. The zero-order valence-corrected chi connectivity index (χ0v) is 15.7. The van der Waals surface area contributed by atoms with Gasteiger partial charge in [-0.2, -0.15) is 18.4 Å². The number of aryl methyl sites for hydroxylation is 1. The molecule has 0 saturated heterocycles. The number of carbonyl (C=O) groups excluding carboxylic acids is 1. The van der Waals surface area contributed by atoms with E-state index in [1.165, 1.54) is 18.2 Å². The van der Waals surface area contributed by atoms with Gasteiger partial charge in [0.15, 0.2) is 5.78 Å². The predicted molar refractivity (Wildman–Crippen MR) is 101 cm³/mol. The van der Waals surface area contributed by atoms with Crippen molar-refractivity contribution in [1.82, 2.24) is 0 Å². The Morgan fingerprint density at radius 3 is 2.41 bits per heavy atom. The minimum atomic E-state index is -4.64. The second-order valence-corrected chi connectivity index (χ2v) is 7.33.